The molecule has 0 aliphatic carbocycles. The molecule has 2 aliphatic heterocycles. The molecule has 3 heterocycles. The van der Waals surface area contributed by atoms with Gasteiger partial charge < -0.3 is 26.2 Å². The van der Waals surface area contributed by atoms with Gasteiger partial charge in [-0.1, -0.05) is 12.2 Å². The summed E-state index contributed by atoms with van der Waals surface area (Å²) in [6.45, 7) is 0. The van der Waals surface area contributed by atoms with Gasteiger partial charge in [0.1, 0.15) is 29.0 Å². The molecule has 6 N–H and O–H groups in total. The van der Waals surface area contributed by atoms with E-state index in [-0.39, 0.29) is 29.8 Å². The van der Waals surface area contributed by atoms with Crippen molar-refractivity contribution in [2.75, 3.05) is 5.75 Å². The Labute approximate surface area is 163 Å². The Bertz CT molecular complexity index is 838. The zero-order chi connectivity index (χ0) is 19.7. The number of imidazole rings is 1. The maximum absolute atomic E-state index is 12.3. The summed E-state index contributed by atoms with van der Waals surface area (Å²) in [6, 6.07) is -1.62. The van der Waals surface area contributed by atoms with Crippen LogP contribution in [0.25, 0.3) is 0 Å². The van der Waals surface area contributed by atoms with Crippen molar-refractivity contribution in [3.05, 3.63) is 29.5 Å². The quantitative estimate of drug-likeness (QED) is 0.280. The molecule has 3 atom stereocenters. The van der Waals surface area contributed by atoms with Crippen LogP contribution < -0.4 is 11.1 Å². The number of fused-ring (bicyclic) bond motifs is 1. The number of hydrogen-bond donors (Lipinski definition) is 5. The lowest BCUT2D eigenvalue weighted by Crippen LogP contribution is -2.70. The summed E-state index contributed by atoms with van der Waals surface area (Å²) in [5.41, 5.74) is 5.98. The number of nitrogens with one attached hydrogen (secondary N) is 2. The summed E-state index contributed by atoms with van der Waals surface area (Å²) in [7, 11) is 0. The molecule has 1 amide bonds. The van der Waals surface area contributed by atoms with Crippen LogP contribution in [-0.4, -0.2) is 71.1 Å². The molecule has 1 saturated heterocycles. The van der Waals surface area contributed by atoms with E-state index in [1.165, 1.54) is 22.7 Å². The summed E-state index contributed by atoms with van der Waals surface area (Å²) >= 11 is 6.74. The van der Waals surface area contributed by atoms with E-state index in [9.17, 15) is 14.4 Å². The van der Waals surface area contributed by atoms with E-state index in [4.69, 9.17) is 28.2 Å². The number of nitrogens with two attached hydrogens (primary N) is 1. The van der Waals surface area contributed by atoms with Crippen LogP contribution in [0.1, 0.15) is 11.5 Å². The van der Waals surface area contributed by atoms with Crippen molar-refractivity contribution < 1.29 is 24.6 Å². The number of thioether (sulfide) groups is 1. The first-order chi connectivity index (χ1) is 12.8. The second-order valence-corrected chi connectivity index (χ2v) is 7.68. The van der Waals surface area contributed by atoms with Crippen LogP contribution in [0.2, 0.25) is 0 Å². The van der Waals surface area contributed by atoms with Crippen LogP contribution in [0.4, 0.5) is 0 Å². The lowest BCUT2D eigenvalue weighted by atomic mass is 10.1. The molecule has 1 aromatic heterocycles. The predicted octanol–water partition coefficient (Wildman–Crippen LogP) is -0.924. The van der Waals surface area contributed by atoms with Gasteiger partial charge in [0.2, 0.25) is 0 Å². The fraction of sp³-hybridized carbons (Fsp3) is 0.400. The molecule has 0 saturated carbocycles. The minimum Gasteiger partial charge on any atom is -0.480 e. The van der Waals surface area contributed by atoms with Crippen molar-refractivity contribution in [2.45, 2.75) is 30.3 Å². The zero-order valence-corrected chi connectivity index (χ0v) is 15.5. The Morgan fingerprint density at radius 3 is 2.93 bits per heavy atom. The normalized spacial score (nSPS) is 22.3. The highest BCUT2D eigenvalue weighted by atomic mass is 32.2. The molecule has 1 fully saturated rings. The Balaban J connectivity index is 1.56. The number of aromatic amines is 1. The van der Waals surface area contributed by atoms with E-state index < -0.39 is 24.0 Å². The molecular weight excluding hydrogens is 394 g/mol. The maximum atomic E-state index is 12.3. The first-order valence-corrected chi connectivity index (χ1v) is 9.42. The van der Waals surface area contributed by atoms with Gasteiger partial charge in [-0.2, -0.15) is 0 Å². The molecular formula is C15H17N5O5S2. The van der Waals surface area contributed by atoms with Gasteiger partial charge in [-0.05, 0) is 6.08 Å². The number of carboxylic acid groups (broad SMARTS) is 2. The third-order valence-electron chi connectivity index (χ3n) is 4.14. The van der Waals surface area contributed by atoms with Gasteiger partial charge in [-0.15, -0.1) is 11.8 Å². The number of amides is 1. The Kier molecular flexibility index (Phi) is 5.48. The average molecular weight is 411 g/mol. The van der Waals surface area contributed by atoms with Crippen LogP contribution >= 0.6 is 24.0 Å². The molecule has 1 unspecified atom stereocenters. The largest absolute Gasteiger partial charge is 0.480 e. The van der Waals surface area contributed by atoms with Gasteiger partial charge in [-0.25, -0.2) is 9.78 Å². The first kappa shape index (κ1) is 19.3. The first-order valence-electron chi connectivity index (χ1n) is 7.97. The Morgan fingerprint density at radius 2 is 2.26 bits per heavy atom. The molecule has 144 valence electrons. The van der Waals surface area contributed by atoms with Crippen LogP contribution in [-0.2, 0) is 27.2 Å². The molecule has 10 nitrogen and oxygen atoms in total. The van der Waals surface area contributed by atoms with E-state index in [1.54, 1.807) is 6.20 Å². The Hall–Kier alpha value is -2.44. The number of thiocarbonyl (C=S) groups is 1. The van der Waals surface area contributed by atoms with Crippen molar-refractivity contribution in [2.24, 2.45) is 5.73 Å². The van der Waals surface area contributed by atoms with Gasteiger partial charge in [0.25, 0.3) is 5.91 Å². The zero-order valence-electron chi connectivity index (χ0n) is 13.9. The van der Waals surface area contributed by atoms with Crippen LogP contribution in [0.3, 0.4) is 0 Å². The summed E-state index contributed by atoms with van der Waals surface area (Å²) in [4.78, 5) is 43.1. The Morgan fingerprint density at radius 1 is 1.52 bits per heavy atom. The highest BCUT2D eigenvalue weighted by Gasteiger charge is 2.52. The van der Waals surface area contributed by atoms with E-state index in [1.807, 2.05) is 0 Å². The third-order valence-corrected chi connectivity index (χ3v) is 5.59. The molecule has 1 aromatic rings. The van der Waals surface area contributed by atoms with Crippen molar-refractivity contribution in [1.29, 1.82) is 0 Å². The van der Waals surface area contributed by atoms with Gasteiger partial charge in [-0.3, -0.25) is 14.5 Å². The summed E-state index contributed by atoms with van der Waals surface area (Å²) in [5.74, 6) is -1.55. The second kappa shape index (κ2) is 7.66. The molecule has 0 radical (unpaired) electrons. The summed E-state index contributed by atoms with van der Waals surface area (Å²) < 4.78 is 0. The van der Waals surface area contributed by atoms with Crippen LogP contribution in [0, 0.1) is 0 Å². The average Bonchev–Trinajstić information content (AvgIpc) is 3.05. The topological polar surface area (TPSA) is 162 Å². The van der Waals surface area contributed by atoms with Gasteiger partial charge in [0, 0.05) is 18.4 Å². The number of carboxylic acids is 2. The highest BCUT2D eigenvalue weighted by molar-refractivity contribution is 8.00. The summed E-state index contributed by atoms with van der Waals surface area (Å²) in [5, 5.41) is 20.6. The number of aromatic nitrogens is 2. The minimum absolute atomic E-state index is 0.00170. The van der Waals surface area contributed by atoms with Gasteiger partial charge >= 0.3 is 11.9 Å². The summed E-state index contributed by atoms with van der Waals surface area (Å²) in [6.07, 6.45) is 3.41. The number of nitrogens with zero attached hydrogens (tertiary/aromatic N) is 2. The molecule has 12 heteroatoms. The van der Waals surface area contributed by atoms with E-state index >= 15 is 0 Å². The van der Waals surface area contributed by atoms with Crippen LogP contribution in [0.5, 0.6) is 0 Å². The van der Waals surface area contributed by atoms with E-state index in [2.05, 4.69) is 15.3 Å². The van der Waals surface area contributed by atoms with Crippen molar-refractivity contribution >= 4 is 46.8 Å². The van der Waals surface area contributed by atoms with Crippen molar-refractivity contribution in [3.63, 3.8) is 0 Å². The fourth-order valence-corrected chi connectivity index (χ4v) is 4.29. The van der Waals surface area contributed by atoms with Crippen molar-refractivity contribution in [3.8, 4) is 0 Å². The molecule has 0 spiro atoms. The molecule has 27 heavy (non-hydrogen) atoms. The number of rotatable bonds is 7. The highest BCUT2D eigenvalue weighted by Crippen LogP contribution is 2.37. The van der Waals surface area contributed by atoms with E-state index in [0.29, 0.717) is 22.3 Å². The monoisotopic (exact) mass is 411 g/mol. The second-order valence-electron chi connectivity index (χ2n) is 6.04. The van der Waals surface area contributed by atoms with Gasteiger partial charge in [0.15, 0.2) is 0 Å². The van der Waals surface area contributed by atoms with Crippen molar-refractivity contribution in [1.82, 2.24) is 20.2 Å². The maximum Gasteiger partial charge on any atom is 0.352 e. The predicted molar refractivity (Wildman–Crippen MR) is 99.9 cm³/mol. The number of carbonyl (C=O) groups excluding carboxylic acids is 1. The smallest absolute Gasteiger partial charge is 0.352 e. The number of aliphatic carboxylic acids is 2. The number of carbonyl (C=O) groups is 3. The van der Waals surface area contributed by atoms with Crippen LogP contribution in [0.15, 0.2) is 18.0 Å². The molecule has 0 aromatic carbocycles. The third kappa shape index (κ3) is 3.96. The number of β-lactam (4-membered cyclic amide) rings is 1. The standard InChI is InChI=1S/C15H17N5O5S2/c16-7(14(22)23)3-6-5-17-9(18-6)4-10(26)19-11-12(21)20-8(15(24)25)1-2-27-13(11)20/h1,5,7,11,13H,2-4,16H2,(H,17,18)(H,19,26)(H,22,23)(H,24,25)/t7?,11-,13+/m1/s1. The van der Waals surface area contributed by atoms with Gasteiger partial charge in [0.05, 0.1) is 17.1 Å². The fourth-order valence-electron chi connectivity index (χ4n) is 2.83. The molecule has 0 bridgehead atoms. The van der Waals surface area contributed by atoms with E-state index in [0.717, 1.165) is 0 Å². The lowest BCUT2D eigenvalue weighted by molar-refractivity contribution is -0.148. The molecule has 3 rings (SSSR count). The SMILES string of the molecule is NC(Cc1c[nH]c(CC(=S)N[C@@H]2C(=O)N3C(C(=O)O)=CCS[C@@H]23)n1)C(=O)O. The number of H-pyrrole nitrogens is 1. The minimum atomic E-state index is -1.13. The number of hydrogen-bond acceptors (Lipinski definition) is 7. The molecule has 2 aliphatic rings. The lowest BCUT2D eigenvalue weighted by Gasteiger charge is -2.48.